The molecule has 3 heterocycles. The number of carbonyl (C=O) groups is 2. The van der Waals surface area contributed by atoms with E-state index in [-0.39, 0.29) is 30.7 Å². The molecule has 2 aliphatic heterocycles. The van der Waals surface area contributed by atoms with Crippen LogP contribution in [0.1, 0.15) is 56.4 Å². The average molecular weight is 532 g/mol. The number of amides is 2. The lowest BCUT2D eigenvalue weighted by molar-refractivity contribution is -0.152. The first-order chi connectivity index (χ1) is 17.1. The summed E-state index contributed by atoms with van der Waals surface area (Å²) < 4.78 is 47.2. The molecule has 2 unspecified atom stereocenters. The molecule has 3 aliphatic rings. The number of hydrogen-bond acceptors (Lipinski definition) is 7. The molecule has 12 heteroatoms. The predicted molar refractivity (Wildman–Crippen MR) is 131 cm³/mol. The van der Waals surface area contributed by atoms with Gasteiger partial charge in [-0.2, -0.15) is 0 Å². The number of nitrogens with zero attached hydrogens (tertiary/aromatic N) is 3. The molecular weight excluding hydrogens is 495 g/mol. The van der Waals surface area contributed by atoms with Gasteiger partial charge in [0.25, 0.3) is 5.92 Å². The highest BCUT2D eigenvalue weighted by molar-refractivity contribution is 7.15. The van der Waals surface area contributed by atoms with Crippen LogP contribution in [0.5, 0.6) is 0 Å². The molecule has 36 heavy (non-hydrogen) atoms. The number of morpholine rings is 1. The van der Waals surface area contributed by atoms with Crippen molar-refractivity contribution in [3.05, 3.63) is 11.1 Å². The Bertz CT molecular complexity index is 911. The lowest BCUT2D eigenvalue weighted by Crippen LogP contribution is -2.52. The Morgan fingerprint density at radius 2 is 2.11 bits per heavy atom. The Kier molecular flexibility index (Phi) is 8.90. The quantitative estimate of drug-likeness (QED) is 0.535. The Morgan fingerprint density at radius 3 is 2.83 bits per heavy atom. The summed E-state index contributed by atoms with van der Waals surface area (Å²) in [4.78, 5) is 33.5. The molecule has 4 rings (SSSR count). The molecule has 0 aromatic carbocycles. The monoisotopic (exact) mass is 531 g/mol. The first kappa shape index (κ1) is 27.3. The van der Waals surface area contributed by atoms with Crippen molar-refractivity contribution in [1.29, 1.82) is 0 Å². The molecule has 8 nitrogen and oxygen atoms in total. The van der Waals surface area contributed by atoms with Crippen molar-refractivity contribution in [3.8, 4) is 0 Å². The second-order valence-electron chi connectivity index (χ2n) is 10.4. The van der Waals surface area contributed by atoms with Gasteiger partial charge in [0.05, 0.1) is 36.2 Å². The maximum absolute atomic E-state index is 14.3. The van der Waals surface area contributed by atoms with Crippen LogP contribution in [-0.2, 0) is 14.3 Å². The van der Waals surface area contributed by atoms with E-state index in [2.05, 4.69) is 17.2 Å². The Labute approximate surface area is 213 Å². The van der Waals surface area contributed by atoms with Gasteiger partial charge in [-0.15, -0.1) is 0 Å². The van der Waals surface area contributed by atoms with Gasteiger partial charge < -0.3 is 20.7 Å². The maximum Gasteiger partial charge on any atom is 0.265 e. The van der Waals surface area contributed by atoms with Gasteiger partial charge in [-0.3, -0.25) is 14.5 Å². The SMILES string of the molecule is CC1CCC(C(N)C(=O)Nc2ncc(C(CN3CCO[C@H](CF)C3)N3CC(F)(F)CCC3=O)s2)CC1. The molecule has 1 aromatic rings. The van der Waals surface area contributed by atoms with Gasteiger partial charge in [-0.25, -0.2) is 18.2 Å². The molecule has 0 spiro atoms. The number of nitrogens with one attached hydrogen (secondary N) is 1. The van der Waals surface area contributed by atoms with E-state index in [9.17, 15) is 22.8 Å². The molecule has 202 valence electrons. The summed E-state index contributed by atoms with van der Waals surface area (Å²) in [7, 11) is 0. The number of aromatic nitrogens is 1. The van der Waals surface area contributed by atoms with E-state index in [0.717, 1.165) is 37.0 Å². The van der Waals surface area contributed by atoms with E-state index in [1.807, 2.05) is 4.90 Å². The van der Waals surface area contributed by atoms with Crippen LogP contribution in [0.25, 0.3) is 0 Å². The summed E-state index contributed by atoms with van der Waals surface area (Å²) in [6.45, 7) is 2.26. The number of hydrogen-bond donors (Lipinski definition) is 2. The predicted octanol–water partition coefficient (Wildman–Crippen LogP) is 3.20. The van der Waals surface area contributed by atoms with Crippen LogP contribution in [0, 0.1) is 11.8 Å². The third kappa shape index (κ3) is 6.76. The van der Waals surface area contributed by atoms with Crippen molar-refractivity contribution in [2.75, 3.05) is 44.8 Å². The molecule has 2 saturated heterocycles. The number of piperidine rings is 1. The second kappa shape index (κ2) is 11.7. The molecule has 1 aliphatic carbocycles. The zero-order valence-corrected chi connectivity index (χ0v) is 21.5. The van der Waals surface area contributed by atoms with Crippen LogP contribution in [-0.4, -0.2) is 84.1 Å². The minimum absolute atomic E-state index is 0.117. The van der Waals surface area contributed by atoms with E-state index in [0.29, 0.717) is 35.6 Å². The zero-order chi connectivity index (χ0) is 25.9. The number of alkyl halides is 3. The fourth-order valence-corrected chi connectivity index (χ4v) is 6.23. The van der Waals surface area contributed by atoms with E-state index in [1.54, 1.807) is 0 Å². The van der Waals surface area contributed by atoms with Crippen molar-refractivity contribution in [2.45, 2.75) is 69.6 Å². The number of halogens is 3. The highest BCUT2D eigenvalue weighted by Crippen LogP contribution is 2.37. The topological polar surface area (TPSA) is 101 Å². The molecule has 3 fully saturated rings. The first-order valence-electron chi connectivity index (χ1n) is 12.7. The number of likely N-dealkylation sites (tertiary alicyclic amines) is 1. The lowest BCUT2D eigenvalue weighted by atomic mass is 9.79. The van der Waals surface area contributed by atoms with Crippen molar-refractivity contribution in [1.82, 2.24) is 14.8 Å². The summed E-state index contributed by atoms with van der Waals surface area (Å²) >= 11 is 1.16. The van der Waals surface area contributed by atoms with Crippen LogP contribution in [0.15, 0.2) is 6.20 Å². The summed E-state index contributed by atoms with van der Waals surface area (Å²) in [5, 5.41) is 3.10. The molecule has 3 N–H and O–H groups in total. The smallest absolute Gasteiger partial charge is 0.265 e. The molecular formula is C24H36F3N5O3S. The second-order valence-corrected chi connectivity index (χ2v) is 11.5. The number of nitrogens with two attached hydrogens (primary N) is 1. The van der Waals surface area contributed by atoms with E-state index < -0.39 is 43.8 Å². The highest BCUT2D eigenvalue weighted by atomic mass is 32.1. The third-order valence-corrected chi connectivity index (χ3v) is 8.60. The van der Waals surface area contributed by atoms with Gasteiger partial charge >= 0.3 is 0 Å². The molecule has 3 atom stereocenters. The molecule has 0 radical (unpaired) electrons. The molecule has 2 amide bonds. The first-order valence-corrected chi connectivity index (χ1v) is 13.6. The largest absolute Gasteiger partial charge is 0.373 e. The van der Waals surface area contributed by atoms with Crippen LogP contribution < -0.4 is 11.1 Å². The summed E-state index contributed by atoms with van der Waals surface area (Å²) in [6.07, 6.45) is 4.14. The van der Waals surface area contributed by atoms with Gasteiger partial charge in [0.2, 0.25) is 11.8 Å². The van der Waals surface area contributed by atoms with Crippen LogP contribution in [0.4, 0.5) is 18.3 Å². The Morgan fingerprint density at radius 1 is 1.36 bits per heavy atom. The summed E-state index contributed by atoms with van der Waals surface area (Å²) in [5.74, 6) is -2.89. The maximum atomic E-state index is 14.3. The number of thiazole rings is 1. The minimum atomic E-state index is -2.98. The van der Waals surface area contributed by atoms with Gasteiger partial charge in [0.15, 0.2) is 5.13 Å². The van der Waals surface area contributed by atoms with Gasteiger partial charge in [0.1, 0.15) is 6.67 Å². The average Bonchev–Trinajstić information content (AvgIpc) is 3.32. The highest BCUT2D eigenvalue weighted by Gasteiger charge is 2.43. The third-order valence-electron chi connectivity index (χ3n) is 7.58. The van der Waals surface area contributed by atoms with Crippen molar-refractivity contribution >= 4 is 28.3 Å². The normalized spacial score (nSPS) is 29.1. The molecule has 1 aromatic heterocycles. The standard InChI is InChI=1S/C24H36F3N5O3S/c1-15-2-4-16(5-3-15)21(28)22(34)30-23-29-11-19(36-23)18(13-31-8-9-35-17(10-25)12-31)32-14-24(26,27)7-6-20(32)33/h11,15-18,21H,2-10,12-14,28H2,1H3,(H,29,30,34)/t15?,16?,17-,18?,21?/m1/s1. The number of anilines is 1. The summed E-state index contributed by atoms with van der Waals surface area (Å²) in [5.41, 5.74) is 6.25. The molecule has 0 bridgehead atoms. The van der Waals surface area contributed by atoms with E-state index in [4.69, 9.17) is 10.5 Å². The van der Waals surface area contributed by atoms with Crippen LogP contribution in [0.3, 0.4) is 0 Å². The van der Waals surface area contributed by atoms with Gasteiger partial charge in [0, 0.05) is 38.7 Å². The van der Waals surface area contributed by atoms with Gasteiger partial charge in [-0.05, 0) is 24.7 Å². The number of rotatable bonds is 8. The van der Waals surface area contributed by atoms with E-state index >= 15 is 0 Å². The minimum Gasteiger partial charge on any atom is -0.373 e. The van der Waals surface area contributed by atoms with Crippen molar-refractivity contribution in [2.24, 2.45) is 17.6 Å². The zero-order valence-electron chi connectivity index (χ0n) is 20.6. The van der Waals surface area contributed by atoms with Crippen molar-refractivity contribution < 1.29 is 27.5 Å². The van der Waals surface area contributed by atoms with E-state index in [1.165, 1.54) is 11.1 Å². The Balaban J connectivity index is 1.48. The fraction of sp³-hybridized carbons (Fsp3) is 0.792. The molecule has 1 saturated carbocycles. The fourth-order valence-electron chi connectivity index (χ4n) is 5.31. The lowest BCUT2D eigenvalue weighted by Gasteiger charge is -2.41. The van der Waals surface area contributed by atoms with Crippen LogP contribution in [0.2, 0.25) is 0 Å². The Hall–Kier alpha value is -1.76. The van der Waals surface area contributed by atoms with Crippen molar-refractivity contribution in [3.63, 3.8) is 0 Å². The summed E-state index contributed by atoms with van der Waals surface area (Å²) in [6, 6.07) is -1.34. The number of carbonyl (C=O) groups excluding carboxylic acids is 2. The van der Waals surface area contributed by atoms with Crippen LogP contribution >= 0.6 is 11.3 Å². The number of ether oxygens (including phenoxy) is 1. The van der Waals surface area contributed by atoms with Gasteiger partial charge in [-0.1, -0.05) is 31.1 Å².